The van der Waals surface area contributed by atoms with E-state index in [9.17, 15) is 24.6 Å². The Balaban J connectivity index is 2.10. The summed E-state index contributed by atoms with van der Waals surface area (Å²) in [5.41, 5.74) is -2.65. The molecule has 4 rings (SSSR count). The summed E-state index contributed by atoms with van der Waals surface area (Å²) in [6.07, 6.45) is 2.34. The second-order valence-corrected chi connectivity index (χ2v) is 7.43. The quantitative estimate of drug-likeness (QED) is 0.607. The van der Waals surface area contributed by atoms with Crippen molar-refractivity contribution < 1.29 is 29.3 Å². The molecule has 22 heavy (non-hydrogen) atoms. The average Bonchev–Trinajstić information content (AvgIpc) is 2.44. The van der Waals surface area contributed by atoms with E-state index in [0.29, 0.717) is 19.3 Å². The molecule has 0 heterocycles. The van der Waals surface area contributed by atoms with E-state index in [0.717, 1.165) is 0 Å². The molecule has 4 fully saturated rings. The number of carboxylic acid groups (broad SMARTS) is 2. The molecular weight excluding hydrogens is 288 g/mol. The summed E-state index contributed by atoms with van der Waals surface area (Å²) in [5, 5.41) is 19.5. The summed E-state index contributed by atoms with van der Waals surface area (Å²) in [4.78, 5) is 35.7. The van der Waals surface area contributed by atoms with E-state index in [1.807, 2.05) is 0 Å². The summed E-state index contributed by atoms with van der Waals surface area (Å²) >= 11 is 0. The first-order valence-corrected chi connectivity index (χ1v) is 7.43. The fraction of sp³-hybridized carbons (Fsp3) is 0.688. The van der Waals surface area contributed by atoms with E-state index in [4.69, 9.17) is 4.74 Å². The third-order valence-corrected chi connectivity index (χ3v) is 6.05. The lowest BCUT2D eigenvalue weighted by atomic mass is 9.38. The first-order valence-electron chi connectivity index (χ1n) is 7.43. The lowest BCUT2D eigenvalue weighted by Crippen LogP contribution is -2.62. The minimum Gasteiger partial charge on any atom is -0.481 e. The topological polar surface area (TPSA) is 101 Å². The van der Waals surface area contributed by atoms with Gasteiger partial charge in [0, 0.05) is 11.0 Å². The normalized spacial score (nSPS) is 42.0. The Morgan fingerprint density at radius 3 is 1.77 bits per heavy atom. The molecule has 4 saturated carbocycles. The van der Waals surface area contributed by atoms with Crippen LogP contribution in [0.3, 0.4) is 0 Å². The van der Waals surface area contributed by atoms with Gasteiger partial charge in [-0.15, -0.1) is 0 Å². The maximum absolute atomic E-state index is 12.0. The van der Waals surface area contributed by atoms with Gasteiger partial charge in [-0.05, 0) is 44.4 Å². The number of ether oxygens (including phenoxy) is 1. The molecule has 120 valence electrons. The molecule has 4 aliphatic carbocycles. The number of hydrogen-bond acceptors (Lipinski definition) is 4. The Labute approximate surface area is 128 Å². The van der Waals surface area contributed by atoms with Crippen molar-refractivity contribution in [3.63, 3.8) is 0 Å². The summed E-state index contributed by atoms with van der Waals surface area (Å²) < 4.78 is 4.75. The SMILES string of the molecule is C=C(C(=O)OC)C12CC3CC(C(=O)O)(C1)CC(C(=O)O)(C3)C2. The highest BCUT2D eigenvalue weighted by Crippen LogP contribution is 2.71. The molecule has 0 aromatic heterocycles. The minimum atomic E-state index is -1.06. The van der Waals surface area contributed by atoms with Crippen molar-refractivity contribution in [3.8, 4) is 0 Å². The third-order valence-electron chi connectivity index (χ3n) is 6.05. The molecule has 0 aromatic carbocycles. The molecule has 0 spiro atoms. The van der Waals surface area contributed by atoms with Crippen LogP contribution in [0.2, 0.25) is 0 Å². The Morgan fingerprint density at radius 1 is 0.955 bits per heavy atom. The maximum Gasteiger partial charge on any atom is 0.333 e. The molecule has 6 heteroatoms. The van der Waals surface area contributed by atoms with E-state index in [1.54, 1.807) is 0 Å². The molecular formula is C16H20O6. The number of carbonyl (C=O) groups is 3. The number of hydrogen-bond donors (Lipinski definition) is 2. The molecule has 0 saturated heterocycles. The maximum atomic E-state index is 12.0. The van der Waals surface area contributed by atoms with Gasteiger partial charge in [0.15, 0.2) is 0 Å². The smallest absolute Gasteiger partial charge is 0.333 e. The van der Waals surface area contributed by atoms with Gasteiger partial charge >= 0.3 is 17.9 Å². The molecule has 0 amide bonds. The number of methoxy groups -OCH3 is 1. The van der Waals surface area contributed by atoms with Crippen LogP contribution in [0.1, 0.15) is 38.5 Å². The molecule has 0 aromatic rings. The predicted molar refractivity (Wildman–Crippen MR) is 74.9 cm³/mol. The van der Waals surface area contributed by atoms with Gasteiger partial charge in [-0.3, -0.25) is 9.59 Å². The van der Waals surface area contributed by atoms with E-state index >= 15 is 0 Å². The monoisotopic (exact) mass is 308 g/mol. The highest BCUT2D eigenvalue weighted by atomic mass is 16.5. The molecule has 4 aliphatic rings. The summed E-state index contributed by atoms with van der Waals surface area (Å²) in [5.74, 6) is -2.47. The van der Waals surface area contributed by atoms with Crippen LogP contribution in [0, 0.1) is 22.2 Å². The van der Waals surface area contributed by atoms with E-state index in [1.165, 1.54) is 7.11 Å². The second kappa shape index (κ2) is 4.33. The van der Waals surface area contributed by atoms with Crippen LogP contribution in [-0.4, -0.2) is 35.2 Å². The largest absolute Gasteiger partial charge is 0.481 e. The standard InChI is InChI=1S/C16H20O6/c1-9(11(17)22-2)14-3-10-4-15(6-14,12(18)19)8-16(5-10,7-14)13(20)21/h10H,1,3-8H2,2H3,(H,18,19)(H,20,21). The van der Waals surface area contributed by atoms with E-state index in [2.05, 4.69) is 6.58 Å². The predicted octanol–water partition coefficient (Wildman–Crippen LogP) is 1.84. The van der Waals surface area contributed by atoms with Gasteiger partial charge in [-0.25, -0.2) is 4.79 Å². The van der Waals surface area contributed by atoms with Gasteiger partial charge in [-0.1, -0.05) is 6.58 Å². The third kappa shape index (κ3) is 1.76. The van der Waals surface area contributed by atoms with Crippen molar-refractivity contribution in [2.75, 3.05) is 7.11 Å². The van der Waals surface area contributed by atoms with Gasteiger partial charge in [-0.2, -0.15) is 0 Å². The lowest BCUT2D eigenvalue weighted by molar-refractivity contribution is -0.198. The molecule has 2 N–H and O–H groups in total. The van der Waals surface area contributed by atoms with Gasteiger partial charge < -0.3 is 14.9 Å². The molecule has 0 radical (unpaired) electrons. The molecule has 0 aliphatic heterocycles. The Hall–Kier alpha value is -1.85. The van der Waals surface area contributed by atoms with Crippen molar-refractivity contribution in [2.45, 2.75) is 38.5 Å². The van der Waals surface area contributed by atoms with Crippen molar-refractivity contribution in [3.05, 3.63) is 12.2 Å². The Kier molecular flexibility index (Phi) is 2.97. The highest BCUT2D eigenvalue weighted by molar-refractivity contribution is 5.90. The van der Waals surface area contributed by atoms with Crippen molar-refractivity contribution in [1.82, 2.24) is 0 Å². The summed E-state index contributed by atoms with van der Waals surface area (Å²) in [6.45, 7) is 3.84. The summed E-state index contributed by atoms with van der Waals surface area (Å²) in [7, 11) is 1.26. The van der Waals surface area contributed by atoms with E-state index in [-0.39, 0.29) is 30.8 Å². The fourth-order valence-electron chi connectivity index (χ4n) is 5.59. The van der Waals surface area contributed by atoms with Gasteiger partial charge in [0.2, 0.25) is 0 Å². The van der Waals surface area contributed by atoms with Crippen LogP contribution < -0.4 is 0 Å². The highest BCUT2D eigenvalue weighted by Gasteiger charge is 2.69. The molecule has 2 unspecified atom stereocenters. The van der Waals surface area contributed by atoms with Gasteiger partial charge in [0.05, 0.1) is 17.9 Å². The first-order chi connectivity index (χ1) is 10.2. The van der Waals surface area contributed by atoms with Crippen LogP contribution in [-0.2, 0) is 19.1 Å². The van der Waals surface area contributed by atoms with Crippen molar-refractivity contribution >= 4 is 17.9 Å². The number of esters is 1. The second-order valence-electron chi connectivity index (χ2n) is 7.43. The molecule has 4 bridgehead atoms. The molecule has 6 nitrogen and oxygen atoms in total. The lowest BCUT2D eigenvalue weighted by Gasteiger charge is -2.63. The van der Waals surface area contributed by atoms with Crippen LogP contribution in [0.25, 0.3) is 0 Å². The number of aliphatic carboxylic acids is 2. The zero-order valence-corrected chi connectivity index (χ0v) is 12.6. The van der Waals surface area contributed by atoms with Crippen molar-refractivity contribution in [1.29, 1.82) is 0 Å². The zero-order chi connectivity index (χ0) is 16.3. The fourth-order valence-corrected chi connectivity index (χ4v) is 5.59. The number of carboxylic acids is 2. The Morgan fingerprint density at radius 2 is 1.36 bits per heavy atom. The van der Waals surface area contributed by atoms with Crippen LogP contribution >= 0.6 is 0 Å². The minimum absolute atomic E-state index is 0.00450. The molecule has 2 atom stereocenters. The number of carbonyl (C=O) groups excluding carboxylic acids is 1. The van der Waals surface area contributed by atoms with Crippen LogP contribution in [0.4, 0.5) is 0 Å². The van der Waals surface area contributed by atoms with Crippen molar-refractivity contribution in [2.24, 2.45) is 22.2 Å². The van der Waals surface area contributed by atoms with Gasteiger partial charge in [0.1, 0.15) is 0 Å². The zero-order valence-electron chi connectivity index (χ0n) is 12.6. The number of rotatable bonds is 4. The van der Waals surface area contributed by atoms with E-state index < -0.39 is 34.2 Å². The van der Waals surface area contributed by atoms with Crippen LogP contribution in [0.5, 0.6) is 0 Å². The first kappa shape index (κ1) is 15.1. The Bertz CT molecular complexity index is 561. The summed E-state index contributed by atoms with van der Waals surface area (Å²) in [6, 6.07) is 0. The van der Waals surface area contributed by atoms with Crippen LogP contribution in [0.15, 0.2) is 12.2 Å². The van der Waals surface area contributed by atoms with Gasteiger partial charge in [0.25, 0.3) is 0 Å². The average molecular weight is 308 g/mol.